The van der Waals surface area contributed by atoms with Crippen LogP contribution < -0.4 is 5.32 Å². The summed E-state index contributed by atoms with van der Waals surface area (Å²) in [6.45, 7) is 5.89. The molecule has 2 rings (SSSR count). The molecular formula is C17H26N2O2S. The van der Waals surface area contributed by atoms with Crippen LogP contribution in [0.3, 0.4) is 0 Å². The highest BCUT2D eigenvalue weighted by Crippen LogP contribution is 2.26. The minimum Gasteiger partial charge on any atom is -0.351 e. The zero-order chi connectivity index (χ0) is 16.2. The van der Waals surface area contributed by atoms with E-state index in [4.69, 9.17) is 0 Å². The van der Waals surface area contributed by atoms with Gasteiger partial charge in [-0.05, 0) is 37.6 Å². The third kappa shape index (κ3) is 3.69. The van der Waals surface area contributed by atoms with Crippen LogP contribution in [0.1, 0.15) is 57.8 Å². The van der Waals surface area contributed by atoms with Crippen molar-refractivity contribution in [1.29, 1.82) is 0 Å². The molecule has 1 heterocycles. The van der Waals surface area contributed by atoms with Gasteiger partial charge in [0.2, 0.25) is 11.8 Å². The van der Waals surface area contributed by atoms with Crippen molar-refractivity contribution in [2.75, 3.05) is 0 Å². The van der Waals surface area contributed by atoms with E-state index in [1.165, 1.54) is 12.8 Å². The van der Waals surface area contributed by atoms with E-state index in [1.54, 1.807) is 23.2 Å². The van der Waals surface area contributed by atoms with Gasteiger partial charge in [-0.25, -0.2) is 0 Å². The number of nitrogens with zero attached hydrogens (tertiary/aromatic N) is 1. The van der Waals surface area contributed by atoms with Crippen molar-refractivity contribution >= 4 is 23.2 Å². The van der Waals surface area contributed by atoms with Gasteiger partial charge in [0.15, 0.2) is 0 Å². The van der Waals surface area contributed by atoms with E-state index in [2.05, 4.69) is 5.32 Å². The van der Waals surface area contributed by atoms with Gasteiger partial charge in [0.1, 0.15) is 5.54 Å². The van der Waals surface area contributed by atoms with Crippen LogP contribution in [0.4, 0.5) is 0 Å². The molecule has 0 aromatic carbocycles. The average molecular weight is 322 g/mol. The molecule has 0 bridgehead atoms. The third-order valence-electron chi connectivity index (χ3n) is 4.74. The summed E-state index contributed by atoms with van der Waals surface area (Å²) in [4.78, 5) is 27.8. The van der Waals surface area contributed by atoms with E-state index < -0.39 is 5.54 Å². The van der Waals surface area contributed by atoms with Crippen LogP contribution in [0.15, 0.2) is 17.5 Å². The normalized spacial score (nSPS) is 18.0. The van der Waals surface area contributed by atoms with Crippen LogP contribution in [0.2, 0.25) is 0 Å². The van der Waals surface area contributed by atoms with Crippen LogP contribution >= 0.6 is 11.3 Å². The van der Waals surface area contributed by atoms with Crippen molar-refractivity contribution in [2.24, 2.45) is 0 Å². The summed E-state index contributed by atoms with van der Waals surface area (Å²) in [6, 6.07) is 4.25. The lowest BCUT2D eigenvalue weighted by Crippen LogP contribution is -2.59. The van der Waals surface area contributed by atoms with Gasteiger partial charge in [0.05, 0.1) is 6.54 Å². The van der Waals surface area contributed by atoms with E-state index in [-0.39, 0.29) is 17.9 Å². The Kier molecular flexibility index (Phi) is 5.62. The summed E-state index contributed by atoms with van der Waals surface area (Å²) in [6.07, 6.45) is 5.07. The Morgan fingerprint density at radius 1 is 1.41 bits per heavy atom. The van der Waals surface area contributed by atoms with Crippen LogP contribution in [0.25, 0.3) is 0 Å². The van der Waals surface area contributed by atoms with Gasteiger partial charge in [-0.2, -0.15) is 0 Å². The van der Waals surface area contributed by atoms with Crippen molar-refractivity contribution in [1.82, 2.24) is 10.2 Å². The van der Waals surface area contributed by atoms with Gasteiger partial charge >= 0.3 is 0 Å². The molecular weight excluding hydrogens is 296 g/mol. The zero-order valence-electron chi connectivity index (χ0n) is 13.7. The van der Waals surface area contributed by atoms with Crippen molar-refractivity contribution < 1.29 is 9.59 Å². The van der Waals surface area contributed by atoms with Crippen LogP contribution in [0.5, 0.6) is 0 Å². The van der Waals surface area contributed by atoms with Gasteiger partial charge in [-0.15, -0.1) is 11.3 Å². The second-order valence-electron chi connectivity index (χ2n) is 6.27. The van der Waals surface area contributed by atoms with E-state index in [0.29, 0.717) is 13.0 Å². The molecule has 22 heavy (non-hydrogen) atoms. The number of nitrogens with one attached hydrogen (secondary N) is 1. The topological polar surface area (TPSA) is 49.4 Å². The smallest absolute Gasteiger partial charge is 0.245 e. The number of hydrogen-bond acceptors (Lipinski definition) is 3. The number of carbonyl (C=O) groups is 2. The van der Waals surface area contributed by atoms with Gasteiger partial charge in [-0.1, -0.05) is 25.8 Å². The van der Waals surface area contributed by atoms with E-state index in [9.17, 15) is 9.59 Å². The summed E-state index contributed by atoms with van der Waals surface area (Å²) < 4.78 is 0. The van der Waals surface area contributed by atoms with Crippen LogP contribution in [-0.2, 0) is 16.1 Å². The number of rotatable bonds is 6. The lowest BCUT2D eigenvalue weighted by molar-refractivity contribution is -0.147. The predicted octanol–water partition coefficient (Wildman–Crippen LogP) is 3.32. The summed E-state index contributed by atoms with van der Waals surface area (Å²) >= 11 is 1.61. The van der Waals surface area contributed by atoms with Gasteiger partial charge in [0.25, 0.3) is 0 Å². The Labute approximate surface area is 136 Å². The molecule has 0 unspecified atom stereocenters. The summed E-state index contributed by atoms with van der Waals surface area (Å²) in [5.41, 5.74) is -0.793. The number of amides is 2. The Morgan fingerprint density at radius 3 is 2.59 bits per heavy atom. The molecule has 1 atom stereocenters. The first kappa shape index (κ1) is 17.0. The van der Waals surface area contributed by atoms with E-state index in [1.807, 2.05) is 31.4 Å². The van der Waals surface area contributed by atoms with Gasteiger partial charge in [0, 0.05) is 17.8 Å². The van der Waals surface area contributed by atoms with E-state index >= 15 is 0 Å². The molecule has 1 saturated carbocycles. The average Bonchev–Trinajstić information content (AvgIpc) is 3.16. The van der Waals surface area contributed by atoms with Crippen molar-refractivity contribution in [3.05, 3.63) is 22.4 Å². The van der Waals surface area contributed by atoms with Gasteiger partial charge < -0.3 is 10.2 Å². The molecule has 1 aromatic heterocycles. The Bertz CT molecular complexity index is 509. The van der Waals surface area contributed by atoms with Crippen LogP contribution in [0, 0.1) is 0 Å². The molecule has 1 aliphatic rings. The minimum absolute atomic E-state index is 0.0198. The van der Waals surface area contributed by atoms with Crippen molar-refractivity contribution in [2.45, 2.75) is 71.0 Å². The highest BCUT2D eigenvalue weighted by Gasteiger charge is 2.40. The first-order valence-corrected chi connectivity index (χ1v) is 8.97. The number of thiophene rings is 1. The number of carbonyl (C=O) groups excluding carboxylic acids is 2. The molecule has 5 heteroatoms. The highest BCUT2D eigenvalue weighted by atomic mass is 32.1. The highest BCUT2D eigenvalue weighted by molar-refractivity contribution is 7.09. The molecule has 1 N–H and O–H groups in total. The molecule has 0 radical (unpaired) electrons. The van der Waals surface area contributed by atoms with Crippen LogP contribution in [-0.4, -0.2) is 28.3 Å². The molecule has 2 amide bonds. The Morgan fingerprint density at radius 2 is 2.09 bits per heavy atom. The molecule has 0 saturated heterocycles. The standard InChI is InChI=1S/C17H26N2O2S/c1-4-17(3,16(21)18-14-8-5-6-9-14)19(13(2)20)12-15-10-7-11-22-15/h7,10-11,14H,4-6,8-9,12H2,1-3H3,(H,18,21)/t17-/m1/s1. The molecule has 0 spiro atoms. The molecule has 4 nitrogen and oxygen atoms in total. The molecule has 0 aliphatic heterocycles. The summed E-state index contributed by atoms with van der Waals surface area (Å²) in [5.74, 6) is -0.0759. The van der Waals surface area contributed by atoms with Crippen molar-refractivity contribution in [3.63, 3.8) is 0 Å². The zero-order valence-corrected chi connectivity index (χ0v) is 14.5. The molecule has 1 aromatic rings. The monoisotopic (exact) mass is 322 g/mol. The summed E-state index contributed by atoms with van der Waals surface area (Å²) in [5, 5.41) is 5.15. The Balaban J connectivity index is 2.15. The Hall–Kier alpha value is -1.36. The molecule has 1 fully saturated rings. The SMILES string of the molecule is CC[C@](C)(C(=O)NC1CCCC1)N(Cc1cccs1)C(C)=O. The summed E-state index contributed by atoms with van der Waals surface area (Å²) in [7, 11) is 0. The second kappa shape index (κ2) is 7.27. The number of hydrogen-bond donors (Lipinski definition) is 1. The fourth-order valence-corrected chi connectivity index (χ4v) is 3.77. The lowest BCUT2D eigenvalue weighted by atomic mass is 9.94. The maximum atomic E-state index is 12.8. The van der Waals surface area contributed by atoms with E-state index in [0.717, 1.165) is 17.7 Å². The third-order valence-corrected chi connectivity index (χ3v) is 5.60. The first-order valence-electron chi connectivity index (χ1n) is 8.09. The molecule has 122 valence electrons. The second-order valence-corrected chi connectivity index (χ2v) is 7.30. The predicted molar refractivity (Wildman–Crippen MR) is 89.6 cm³/mol. The fraction of sp³-hybridized carbons (Fsp3) is 0.647. The maximum Gasteiger partial charge on any atom is 0.245 e. The first-order chi connectivity index (χ1) is 10.5. The maximum absolute atomic E-state index is 12.8. The fourth-order valence-electron chi connectivity index (χ4n) is 3.08. The largest absolute Gasteiger partial charge is 0.351 e. The van der Waals surface area contributed by atoms with Gasteiger partial charge in [-0.3, -0.25) is 9.59 Å². The van der Waals surface area contributed by atoms with Crippen molar-refractivity contribution in [3.8, 4) is 0 Å². The minimum atomic E-state index is -0.793. The quantitative estimate of drug-likeness (QED) is 0.873. The lowest BCUT2D eigenvalue weighted by Gasteiger charge is -2.39. The molecule has 1 aliphatic carbocycles.